The van der Waals surface area contributed by atoms with Crippen LogP contribution in [-0.4, -0.2) is 17.7 Å². The zero-order valence-electron chi connectivity index (χ0n) is 19.1. The van der Waals surface area contributed by atoms with E-state index < -0.39 is 0 Å². The number of phenolic OH excluding ortho intramolecular Hbond substituents is 1. The lowest BCUT2D eigenvalue weighted by Gasteiger charge is -2.26. The summed E-state index contributed by atoms with van der Waals surface area (Å²) >= 11 is 0. The van der Waals surface area contributed by atoms with Crippen LogP contribution in [-0.2, 0) is 14.9 Å². The molecule has 0 aromatic heterocycles. The molecule has 0 saturated carbocycles. The van der Waals surface area contributed by atoms with Gasteiger partial charge in [-0.25, -0.2) is 0 Å². The fraction of sp³-hybridized carbons (Fsp3) is 0.708. The van der Waals surface area contributed by atoms with Crippen molar-refractivity contribution in [3.63, 3.8) is 0 Å². The molecule has 0 aliphatic rings. The number of aromatic hydroxyl groups is 1. The quantitative estimate of drug-likeness (QED) is 0.583. The minimum atomic E-state index is -0.344. The average Bonchev–Trinajstić information content (AvgIpc) is 2.49. The summed E-state index contributed by atoms with van der Waals surface area (Å²) in [5.41, 5.74) is 3.73. The number of carbonyl (C=O) groups is 1. The van der Waals surface area contributed by atoms with Gasteiger partial charge in [0.1, 0.15) is 5.75 Å². The summed E-state index contributed by atoms with van der Waals surface area (Å²) < 4.78 is 5.59. The minimum Gasteiger partial charge on any atom is -0.507 e. The van der Waals surface area contributed by atoms with Gasteiger partial charge in [0.25, 0.3) is 0 Å². The maximum atomic E-state index is 12.6. The highest BCUT2D eigenvalue weighted by Gasteiger charge is 2.26. The Hall–Kier alpha value is -1.51. The summed E-state index contributed by atoms with van der Waals surface area (Å²) in [4.78, 5) is 12.6. The van der Waals surface area contributed by atoms with Crippen LogP contribution in [0.4, 0.5) is 0 Å². The van der Waals surface area contributed by atoms with E-state index in [2.05, 4.69) is 48.5 Å². The number of benzene rings is 1. The van der Waals surface area contributed by atoms with Crippen molar-refractivity contribution in [2.24, 2.45) is 11.3 Å². The van der Waals surface area contributed by atoms with Crippen LogP contribution in [0.5, 0.6) is 5.75 Å². The first-order valence-electron chi connectivity index (χ1n) is 10.1. The standard InChI is InChI=1S/C24H40O3/c1-15(14-23(5,6)7)11-12-27-22(26)18(4)19-13-20(24(8,9)10)21(25)17(3)16(19)2/h13,15,18,25H,11-12,14H2,1-10H3. The maximum Gasteiger partial charge on any atom is 0.313 e. The van der Waals surface area contributed by atoms with Crippen LogP contribution >= 0.6 is 0 Å². The molecule has 3 heteroatoms. The Labute approximate surface area is 166 Å². The molecule has 0 heterocycles. The molecule has 2 atom stereocenters. The number of esters is 1. The fourth-order valence-corrected chi connectivity index (χ4v) is 3.71. The predicted molar refractivity (Wildman–Crippen MR) is 114 cm³/mol. The summed E-state index contributed by atoms with van der Waals surface area (Å²) in [5.74, 6) is 0.327. The largest absolute Gasteiger partial charge is 0.507 e. The Morgan fingerprint density at radius 3 is 2.11 bits per heavy atom. The van der Waals surface area contributed by atoms with Crippen molar-refractivity contribution in [2.75, 3.05) is 6.61 Å². The second-order valence-electron chi connectivity index (χ2n) is 10.4. The van der Waals surface area contributed by atoms with E-state index in [0.717, 1.165) is 35.1 Å². The lowest BCUT2D eigenvalue weighted by Crippen LogP contribution is -2.19. The van der Waals surface area contributed by atoms with Gasteiger partial charge in [-0.2, -0.15) is 0 Å². The van der Waals surface area contributed by atoms with Gasteiger partial charge in [0.05, 0.1) is 12.5 Å². The first-order valence-corrected chi connectivity index (χ1v) is 10.1. The van der Waals surface area contributed by atoms with Crippen molar-refractivity contribution in [1.82, 2.24) is 0 Å². The molecule has 0 bridgehead atoms. The molecule has 0 amide bonds. The molecule has 0 radical (unpaired) electrons. The average molecular weight is 377 g/mol. The van der Waals surface area contributed by atoms with Crippen molar-refractivity contribution in [2.45, 2.75) is 93.4 Å². The second-order valence-corrected chi connectivity index (χ2v) is 10.4. The molecule has 2 unspecified atom stereocenters. The van der Waals surface area contributed by atoms with Crippen LogP contribution in [0.1, 0.15) is 96.4 Å². The molecular formula is C24H40O3. The van der Waals surface area contributed by atoms with Crippen LogP contribution < -0.4 is 0 Å². The zero-order valence-corrected chi connectivity index (χ0v) is 19.1. The second kappa shape index (κ2) is 8.67. The van der Waals surface area contributed by atoms with Crippen molar-refractivity contribution in [1.29, 1.82) is 0 Å². The molecule has 0 spiro atoms. The van der Waals surface area contributed by atoms with Gasteiger partial charge in [0.2, 0.25) is 0 Å². The van der Waals surface area contributed by atoms with E-state index in [0.29, 0.717) is 23.7 Å². The molecule has 1 N–H and O–H groups in total. The first kappa shape index (κ1) is 23.5. The van der Waals surface area contributed by atoms with E-state index in [1.165, 1.54) is 0 Å². The number of phenols is 1. The smallest absolute Gasteiger partial charge is 0.313 e. The third-order valence-corrected chi connectivity index (χ3v) is 5.35. The molecule has 1 aromatic carbocycles. The van der Waals surface area contributed by atoms with E-state index in [1.807, 2.05) is 26.8 Å². The van der Waals surface area contributed by atoms with Gasteiger partial charge >= 0.3 is 5.97 Å². The van der Waals surface area contributed by atoms with E-state index in [-0.39, 0.29) is 17.3 Å². The van der Waals surface area contributed by atoms with Gasteiger partial charge in [-0.1, -0.05) is 54.5 Å². The SMILES string of the molecule is Cc1c(C(C)C(=O)OCCC(C)CC(C)(C)C)cc(C(C)(C)C)c(O)c1C. The molecule has 0 aliphatic carbocycles. The molecular weight excluding hydrogens is 336 g/mol. The van der Waals surface area contributed by atoms with E-state index in [4.69, 9.17) is 4.74 Å². The summed E-state index contributed by atoms with van der Waals surface area (Å²) in [6.07, 6.45) is 2.00. The summed E-state index contributed by atoms with van der Waals surface area (Å²) in [6, 6.07) is 1.98. The van der Waals surface area contributed by atoms with Crippen LogP contribution in [0.2, 0.25) is 0 Å². The monoisotopic (exact) mass is 376 g/mol. The molecule has 3 nitrogen and oxygen atoms in total. The lowest BCUT2D eigenvalue weighted by atomic mass is 9.80. The van der Waals surface area contributed by atoms with Crippen molar-refractivity contribution in [3.05, 3.63) is 28.3 Å². The van der Waals surface area contributed by atoms with E-state index >= 15 is 0 Å². The lowest BCUT2D eigenvalue weighted by molar-refractivity contribution is -0.145. The third-order valence-electron chi connectivity index (χ3n) is 5.35. The summed E-state index contributed by atoms with van der Waals surface area (Å²) in [5, 5.41) is 10.5. The van der Waals surface area contributed by atoms with Gasteiger partial charge < -0.3 is 9.84 Å². The number of hydrogen-bond donors (Lipinski definition) is 1. The Morgan fingerprint density at radius 2 is 1.63 bits per heavy atom. The van der Waals surface area contributed by atoms with Gasteiger partial charge in [0.15, 0.2) is 0 Å². The summed E-state index contributed by atoms with van der Waals surface area (Å²) in [7, 11) is 0. The minimum absolute atomic E-state index is 0.189. The van der Waals surface area contributed by atoms with E-state index in [9.17, 15) is 9.90 Å². The molecule has 154 valence electrons. The Kier molecular flexibility index (Phi) is 7.55. The Balaban J connectivity index is 2.88. The summed E-state index contributed by atoms with van der Waals surface area (Å²) in [6.45, 7) is 21.4. The van der Waals surface area contributed by atoms with Gasteiger partial charge in [0, 0.05) is 0 Å². The van der Waals surface area contributed by atoms with Crippen LogP contribution in [0.15, 0.2) is 6.07 Å². The van der Waals surface area contributed by atoms with Crippen molar-refractivity contribution >= 4 is 5.97 Å². The maximum absolute atomic E-state index is 12.6. The Morgan fingerprint density at radius 1 is 1.07 bits per heavy atom. The van der Waals surface area contributed by atoms with Gasteiger partial charge in [-0.15, -0.1) is 0 Å². The molecule has 1 rings (SSSR count). The normalized spacial score (nSPS) is 14.7. The highest BCUT2D eigenvalue weighted by atomic mass is 16.5. The van der Waals surface area contributed by atoms with Gasteiger partial charge in [-0.3, -0.25) is 4.79 Å². The Bertz CT molecular complexity index is 660. The first-order chi connectivity index (χ1) is 12.1. The van der Waals surface area contributed by atoms with Crippen LogP contribution in [0.25, 0.3) is 0 Å². The van der Waals surface area contributed by atoms with Crippen molar-refractivity contribution in [3.8, 4) is 5.75 Å². The highest BCUT2D eigenvalue weighted by Crippen LogP contribution is 2.38. The molecule has 0 saturated heterocycles. The fourth-order valence-electron chi connectivity index (χ4n) is 3.71. The predicted octanol–water partition coefficient (Wildman–Crippen LogP) is 6.42. The zero-order chi connectivity index (χ0) is 21.2. The number of hydrogen-bond acceptors (Lipinski definition) is 3. The number of ether oxygens (including phenoxy) is 1. The van der Waals surface area contributed by atoms with E-state index in [1.54, 1.807) is 0 Å². The topological polar surface area (TPSA) is 46.5 Å². The number of carbonyl (C=O) groups excluding carboxylic acids is 1. The number of rotatable bonds is 6. The molecule has 0 aliphatic heterocycles. The highest BCUT2D eigenvalue weighted by molar-refractivity contribution is 5.79. The van der Waals surface area contributed by atoms with Crippen LogP contribution in [0, 0.1) is 25.2 Å². The third kappa shape index (κ3) is 6.55. The molecule has 27 heavy (non-hydrogen) atoms. The van der Waals surface area contributed by atoms with Gasteiger partial charge in [-0.05, 0) is 72.6 Å². The van der Waals surface area contributed by atoms with Crippen LogP contribution in [0.3, 0.4) is 0 Å². The van der Waals surface area contributed by atoms with Crippen molar-refractivity contribution < 1.29 is 14.6 Å². The molecule has 1 aromatic rings. The molecule has 0 fully saturated rings.